The first-order valence-electron chi connectivity index (χ1n) is 5.43. The maximum Gasteiger partial charge on any atom is 0.00205 e. The van der Waals surface area contributed by atoms with Crippen molar-refractivity contribution in [3.63, 3.8) is 0 Å². The molecular formula is C13H19N. The SMILES string of the molecule is CC1(C)CNCC(c2ccccc2)C1. The van der Waals surface area contributed by atoms with Crippen LogP contribution >= 0.6 is 0 Å². The van der Waals surface area contributed by atoms with Crippen LogP contribution in [0.15, 0.2) is 30.3 Å². The lowest BCUT2D eigenvalue weighted by atomic mass is 9.77. The minimum absolute atomic E-state index is 0.443. The summed E-state index contributed by atoms with van der Waals surface area (Å²) in [5, 5.41) is 3.52. The average Bonchev–Trinajstić information content (AvgIpc) is 2.18. The van der Waals surface area contributed by atoms with Crippen molar-refractivity contribution in [2.24, 2.45) is 5.41 Å². The van der Waals surface area contributed by atoms with E-state index in [0.29, 0.717) is 11.3 Å². The van der Waals surface area contributed by atoms with Crippen LogP contribution in [0.25, 0.3) is 0 Å². The molecule has 0 bridgehead atoms. The molecule has 0 amide bonds. The van der Waals surface area contributed by atoms with E-state index in [1.807, 2.05) is 0 Å². The predicted molar refractivity (Wildman–Crippen MR) is 60.5 cm³/mol. The molecule has 1 saturated heterocycles. The first-order chi connectivity index (χ1) is 6.67. The zero-order chi connectivity index (χ0) is 10.0. The third-order valence-electron chi connectivity index (χ3n) is 3.06. The molecule has 1 heteroatoms. The summed E-state index contributed by atoms with van der Waals surface area (Å²) in [5.41, 5.74) is 1.92. The lowest BCUT2D eigenvalue weighted by molar-refractivity contribution is 0.240. The van der Waals surface area contributed by atoms with Crippen LogP contribution in [0.5, 0.6) is 0 Å². The second-order valence-electron chi connectivity index (χ2n) is 5.11. The second-order valence-corrected chi connectivity index (χ2v) is 5.11. The Hall–Kier alpha value is -0.820. The zero-order valence-electron chi connectivity index (χ0n) is 9.09. The fraction of sp³-hybridized carbons (Fsp3) is 0.538. The van der Waals surface area contributed by atoms with Crippen LogP contribution < -0.4 is 5.32 Å². The summed E-state index contributed by atoms with van der Waals surface area (Å²) in [6, 6.07) is 10.8. The Morgan fingerprint density at radius 3 is 2.57 bits per heavy atom. The van der Waals surface area contributed by atoms with Crippen molar-refractivity contribution in [1.29, 1.82) is 0 Å². The van der Waals surface area contributed by atoms with Crippen LogP contribution in [0.1, 0.15) is 31.7 Å². The molecular weight excluding hydrogens is 170 g/mol. The Morgan fingerprint density at radius 2 is 1.93 bits per heavy atom. The maximum atomic E-state index is 3.52. The van der Waals surface area contributed by atoms with Gasteiger partial charge in [-0.2, -0.15) is 0 Å². The van der Waals surface area contributed by atoms with E-state index in [1.54, 1.807) is 0 Å². The fourth-order valence-corrected chi connectivity index (χ4v) is 2.36. The summed E-state index contributed by atoms with van der Waals surface area (Å²) in [5.74, 6) is 0.694. The van der Waals surface area contributed by atoms with E-state index in [9.17, 15) is 0 Å². The van der Waals surface area contributed by atoms with Gasteiger partial charge in [-0.3, -0.25) is 0 Å². The summed E-state index contributed by atoms with van der Waals surface area (Å²) in [6.45, 7) is 6.97. The van der Waals surface area contributed by atoms with E-state index in [2.05, 4.69) is 49.5 Å². The molecule has 0 radical (unpaired) electrons. The summed E-state index contributed by atoms with van der Waals surface area (Å²) >= 11 is 0. The minimum Gasteiger partial charge on any atom is -0.316 e. The van der Waals surface area contributed by atoms with Gasteiger partial charge in [0.2, 0.25) is 0 Å². The van der Waals surface area contributed by atoms with Gasteiger partial charge in [0.05, 0.1) is 0 Å². The van der Waals surface area contributed by atoms with E-state index in [-0.39, 0.29) is 0 Å². The van der Waals surface area contributed by atoms with Crippen LogP contribution in [0.3, 0.4) is 0 Å². The van der Waals surface area contributed by atoms with Crippen molar-refractivity contribution >= 4 is 0 Å². The number of hydrogen-bond donors (Lipinski definition) is 1. The normalized spacial score (nSPS) is 26.0. The van der Waals surface area contributed by atoms with E-state index in [0.717, 1.165) is 13.1 Å². The van der Waals surface area contributed by atoms with Gasteiger partial charge in [0.25, 0.3) is 0 Å². The molecule has 14 heavy (non-hydrogen) atoms. The molecule has 0 aromatic heterocycles. The Labute approximate surface area is 86.5 Å². The van der Waals surface area contributed by atoms with Gasteiger partial charge in [0, 0.05) is 13.1 Å². The molecule has 1 heterocycles. The monoisotopic (exact) mass is 189 g/mol. The molecule has 1 N–H and O–H groups in total. The number of benzene rings is 1. The highest BCUT2D eigenvalue weighted by molar-refractivity contribution is 5.21. The van der Waals surface area contributed by atoms with Crippen LogP contribution in [-0.2, 0) is 0 Å². The third kappa shape index (κ3) is 2.16. The van der Waals surface area contributed by atoms with Crippen molar-refractivity contribution < 1.29 is 0 Å². The van der Waals surface area contributed by atoms with Gasteiger partial charge < -0.3 is 5.32 Å². The molecule has 1 aliphatic rings. The van der Waals surface area contributed by atoms with Gasteiger partial charge in [-0.1, -0.05) is 44.2 Å². The highest BCUT2D eigenvalue weighted by Crippen LogP contribution is 2.33. The Bertz CT molecular complexity index is 289. The average molecular weight is 189 g/mol. The third-order valence-corrected chi connectivity index (χ3v) is 3.06. The molecule has 1 aliphatic heterocycles. The molecule has 1 atom stereocenters. The van der Waals surface area contributed by atoms with E-state index in [4.69, 9.17) is 0 Å². The Balaban J connectivity index is 2.12. The van der Waals surface area contributed by atoms with Gasteiger partial charge in [-0.15, -0.1) is 0 Å². The number of hydrogen-bond acceptors (Lipinski definition) is 1. The highest BCUT2D eigenvalue weighted by atomic mass is 14.9. The summed E-state index contributed by atoms with van der Waals surface area (Å²) in [7, 11) is 0. The van der Waals surface area contributed by atoms with Gasteiger partial charge in [0.15, 0.2) is 0 Å². The Morgan fingerprint density at radius 1 is 1.21 bits per heavy atom. The lowest BCUT2D eigenvalue weighted by Crippen LogP contribution is -2.40. The van der Waals surface area contributed by atoms with Gasteiger partial charge >= 0.3 is 0 Å². The molecule has 1 aromatic rings. The molecule has 1 aromatic carbocycles. The minimum atomic E-state index is 0.443. The smallest absolute Gasteiger partial charge is 0.00205 e. The van der Waals surface area contributed by atoms with Gasteiger partial charge in [-0.05, 0) is 23.3 Å². The van der Waals surface area contributed by atoms with Crippen LogP contribution in [0.2, 0.25) is 0 Å². The van der Waals surface area contributed by atoms with E-state index < -0.39 is 0 Å². The van der Waals surface area contributed by atoms with Crippen molar-refractivity contribution in [3.05, 3.63) is 35.9 Å². The second kappa shape index (κ2) is 3.74. The largest absolute Gasteiger partial charge is 0.316 e. The molecule has 1 unspecified atom stereocenters. The lowest BCUT2D eigenvalue weighted by Gasteiger charge is -2.36. The first kappa shape index (κ1) is 9.72. The van der Waals surface area contributed by atoms with Crippen molar-refractivity contribution in [2.45, 2.75) is 26.2 Å². The topological polar surface area (TPSA) is 12.0 Å². The number of nitrogens with one attached hydrogen (secondary N) is 1. The van der Waals surface area contributed by atoms with Crippen LogP contribution in [-0.4, -0.2) is 13.1 Å². The van der Waals surface area contributed by atoms with Crippen molar-refractivity contribution in [1.82, 2.24) is 5.32 Å². The first-order valence-corrected chi connectivity index (χ1v) is 5.43. The fourth-order valence-electron chi connectivity index (χ4n) is 2.36. The predicted octanol–water partition coefficient (Wildman–Crippen LogP) is 2.79. The van der Waals surface area contributed by atoms with Crippen molar-refractivity contribution in [2.75, 3.05) is 13.1 Å². The van der Waals surface area contributed by atoms with E-state index >= 15 is 0 Å². The van der Waals surface area contributed by atoms with Gasteiger partial charge in [-0.25, -0.2) is 0 Å². The Kier molecular flexibility index (Phi) is 2.60. The molecule has 1 fully saturated rings. The molecule has 0 saturated carbocycles. The molecule has 0 aliphatic carbocycles. The molecule has 0 spiro atoms. The summed E-state index contributed by atoms with van der Waals surface area (Å²) in [4.78, 5) is 0. The van der Waals surface area contributed by atoms with Crippen molar-refractivity contribution in [3.8, 4) is 0 Å². The quantitative estimate of drug-likeness (QED) is 0.716. The number of piperidine rings is 1. The molecule has 76 valence electrons. The molecule has 1 nitrogen and oxygen atoms in total. The standard InChI is InChI=1S/C13H19N/c1-13(2)8-12(9-14-10-13)11-6-4-3-5-7-11/h3-7,12,14H,8-10H2,1-2H3. The van der Waals surface area contributed by atoms with Crippen LogP contribution in [0, 0.1) is 5.41 Å². The summed E-state index contributed by atoms with van der Waals surface area (Å²) < 4.78 is 0. The van der Waals surface area contributed by atoms with E-state index in [1.165, 1.54) is 12.0 Å². The molecule has 2 rings (SSSR count). The van der Waals surface area contributed by atoms with Gasteiger partial charge in [0.1, 0.15) is 0 Å². The highest BCUT2D eigenvalue weighted by Gasteiger charge is 2.28. The zero-order valence-corrected chi connectivity index (χ0v) is 9.09. The van der Waals surface area contributed by atoms with Crippen LogP contribution in [0.4, 0.5) is 0 Å². The number of rotatable bonds is 1. The maximum absolute atomic E-state index is 3.52. The summed E-state index contributed by atoms with van der Waals surface area (Å²) in [6.07, 6.45) is 1.30.